The Morgan fingerprint density at radius 2 is 1.83 bits per heavy atom. The molecule has 1 aliphatic rings. The fourth-order valence-corrected chi connectivity index (χ4v) is 2.50. The Bertz CT molecular complexity index is 240. The normalized spacial score (nSPS) is 27.5. The van der Waals surface area contributed by atoms with Crippen LogP contribution in [-0.4, -0.2) is 47.5 Å². The van der Waals surface area contributed by atoms with Crippen molar-refractivity contribution in [1.82, 2.24) is 4.90 Å². The van der Waals surface area contributed by atoms with Gasteiger partial charge in [-0.25, -0.2) is 0 Å². The van der Waals surface area contributed by atoms with Crippen molar-refractivity contribution in [2.75, 3.05) is 13.1 Å². The molecule has 1 atom stereocenters. The van der Waals surface area contributed by atoms with Crippen LogP contribution in [0.3, 0.4) is 0 Å². The van der Waals surface area contributed by atoms with Gasteiger partial charge in [-0.05, 0) is 38.6 Å². The number of nitrogens with zero attached hydrogens (tertiary/aromatic N) is 1. The predicted molar refractivity (Wildman–Crippen MR) is 64.2 cm³/mol. The van der Waals surface area contributed by atoms with E-state index in [1.54, 1.807) is 4.90 Å². The molecule has 0 bridgehead atoms. The molecule has 0 saturated heterocycles. The van der Waals surface area contributed by atoms with Gasteiger partial charge >= 0.3 is 6.18 Å². The van der Waals surface area contributed by atoms with E-state index in [4.69, 9.17) is 5.73 Å². The average Bonchev–Trinajstić information content (AvgIpc) is 2.28. The lowest BCUT2D eigenvalue weighted by Crippen LogP contribution is -2.47. The molecule has 6 heteroatoms. The Labute approximate surface area is 106 Å². The molecule has 108 valence electrons. The Morgan fingerprint density at radius 1 is 1.28 bits per heavy atom. The molecule has 0 spiro atoms. The molecule has 1 unspecified atom stereocenters. The van der Waals surface area contributed by atoms with Crippen LogP contribution < -0.4 is 5.73 Å². The van der Waals surface area contributed by atoms with E-state index >= 15 is 0 Å². The van der Waals surface area contributed by atoms with E-state index in [1.165, 1.54) is 0 Å². The summed E-state index contributed by atoms with van der Waals surface area (Å²) in [6, 6.07) is 0.305. The molecule has 0 aromatic heterocycles. The van der Waals surface area contributed by atoms with Gasteiger partial charge in [-0.1, -0.05) is 6.92 Å². The number of rotatable bonds is 5. The summed E-state index contributed by atoms with van der Waals surface area (Å²) < 4.78 is 37.1. The second-order valence-corrected chi connectivity index (χ2v) is 5.12. The van der Waals surface area contributed by atoms with Crippen LogP contribution in [0.2, 0.25) is 0 Å². The lowest BCUT2D eigenvalue weighted by atomic mass is 9.90. The van der Waals surface area contributed by atoms with Crippen LogP contribution in [0.15, 0.2) is 0 Å². The van der Waals surface area contributed by atoms with Gasteiger partial charge in [-0.3, -0.25) is 4.90 Å². The molecule has 0 amide bonds. The summed E-state index contributed by atoms with van der Waals surface area (Å²) in [5, 5.41) is 9.17. The van der Waals surface area contributed by atoms with E-state index in [0.29, 0.717) is 6.54 Å². The van der Waals surface area contributed by atoms with Crippen molar-refractivity contribution in [2.24, 2.45) is 5.73 Å². The maximum atomic E-state index is 12.4. The number of nitrogens with two attached hydrogens (primary N) is 1. The topological polar surface area (TPSA) is 49.5 Å². The third-order valence-corrected chi connectivity index (χ3v) is 3.55. The van der Waals surface area contributed by atoms with Gasteiger partial charge in [0.2, 0.25) is 0 Å². The van der Waals surface area contributed by atoms with Crippen LogP contribution in [0.5, 0.6) is 0 Å². The largest absolute Gasteiger partial charge is 0.415 e. The van der Waals surface area contributed by atoms with Gasteiger partial charge in [0, 0.05) is 18.6 Å². The van der Waals surface area contributed by atoms with Gasteiger partial charge in [0.1, 0.15) is 0 Å². The first-order valence-electron chi connectivity index (χ1n) is 6.59. The van der Waals surface area contributed by atoms with Crippen molar-refractivity contribution in [2.45, 2.75) is 63.4 Å². The molecule has 3 N–H and O–H groups in total. The standard InChI is InChI=1S/C12H23F3N2O/c1-2-7-17(8-11(18)12(13,14)15)10-5-3-9(16)4-6-10/h9-11,18H,2-8,16H2,1H3. The van der Waals surface area contributed by atoms with E-state index in [1.807, 2.05) is 6.92 Å². The minimum Gasteiger partial charge on any atom is -0.382 e. The number of hydrogen-bond donors (Lipinski definition) is 2. The van der Waals surface area contributed by atoms with Crippen LogP contribution in [0.1, 0.15) is 39.0 Å². The summed E-state index contributed by atoms with van der Waals surface area (Å²) in [5.74, 6) is 0. The second-order valence-electron chi connectivity index (χ2n) is 5.12. The molecular formula is C12H23F3N2O. The van der Waals surface area contributed by atoms with Crippen LogP contribution in [-0.2, 0) is 0 Å². The number of hydrogen-bond acceptors (Lipinski definition) is 3. The summed E-state index contributed by atoms with van der Waals surface area (Å²) in [6.07, 6.45) is -2.64. The van der Waals surface area contributed by atoms with Gasteiger partial charge < -0.3 is 10.8 Å². The second kappa shape index (κ2) is 6.73. The molecule has 0 aromatic carbocycles. The molecule has 0 aromatic rings. The SMILES string of the molecule is CCCN(CC(O)C(F)(F)F)C1CCC(N)CC1. The van der Waals surface area contributed by atoms with Crippen LogP contribution in [0.25, 0.3) is 0 Å². The minimum atomic E-state index is -4.53. The molecule has 1 rings (SSSR count). The van der Waals surface area contributed by atoms with Gasteiger partial charge in [-0.2, -0.15) is 13.2 Å². The molecule has 1 aliphatic carbocycles. The molecule has 3 nitrogen and oxygen atoms in total. The quantitative estimate of drug-likeness (QED) is 0.800. The van der Waals surface area contributed by atoms with Crippen molar-refractivity contribution in [3.63, 3.8) is 0 Å². The summed E-state index contributed by atoms with van der Waals surface area (Å²) in [4.78, 5) is 1.77. The molecule has 0 radical (unpaired) electrons. The zero-order chi connectivity index (χ0) is 13.8. The molecule has 1 saturated carbocycles. The van der Waals surface area contributed by atoms with E-state index in [2.05, 4.69) is 0 Å². The van der Waals surface area contributed by atoms with Gasteiger partial charge in [0.05, 0.1) is 0 Å². The van der Waals surface area contributed by atoms with Crippen molar-refractivity contribution in [3.8, 4) is 0 Å². The number of alkyl halides is 3. The molecule has 18 heavy (non-hydrogen) atoms. The van der Waals surface area contributed by atoms with Crippen molar-refractivity contribution >= 4 is 0 Å². The van der Waals surface area contributed by atoms with E-state index in [-0.39, 0.29) is 18.6 Å². The highest BCUT2D eigenvalue weighted by Gasteiger charge is 2.40. The lowest BCUT2D eigenvalue weighted by Gasteiger charge is -2.37. The predicted octanol–water partition coefficient (Wildman–Crippen LogP) is 1.89. The molecular weight excluding hydrogens is 245 g/mol. The fraction of sp³-hybridized carbons (Fsp3) is 1.00. The Balaban J connectivity index is 2.54. The highest BCUT2D eigenvalue weighted by molar-refractivity contribution is 4.83. The number of aliphatic hydroxyl groups excluding tert-OH is 1. The third-order valence-electron chi connectivity index (χ3n) is 3.55. The Kier molecular flexibility index (Phi) is 5.88. The Morgan fingerprint density at radius 3 is 2.28 bits per heavy atom. The van der Waals surface area contributed by atoms with Crippen LogP contribution in [0, 0.1) is 0 Å². The first-order valence-corrected chi connectivity index (χ1v) is 6.59. The number of aliphatic hydroxyl groups is 1. The summed E-state index contributed by atoms with van der Waals surface area (Å²) in [7, 11) is 0. The van der Waals surface area contributed by atoms with Crippen molar-refractivity contribution in [1.29, 1.82) is 0 Å². The summed E-state index contributed by atoms with van der Waals surface area (Å²) >= 11 is 0. The summed E-state index contributed by atoms with van der Waals surface area (Å²) in [5.41, 5.74) is 5.79. The van der Waals surface area contributed by atoms with E-state index in [9.17, 15) is 18.3 Å². The average molecular weight is 268 g/mol. The maximum absolute atomic E-state index is 12.4. The highest BCUT2D eigenvalue weighted by Crippen LogP contribution is 2.26. The zero-order valence-corrected chi connectivity index (χ0v) is 10.8. The fourth-order valence-electron chi connectivity index (χ4n) is 2.50. The van der Waals surface area contributed by atoms with E-state index < -0.39 is 12.3 Å². The van der Waals surface area contributed by atoms with Gasteiger partial charge in [-0.15, -0.1) is 0 Å². The van der Waals surface area contributed by atoms with Gasteiger partial charge in [0.25, 0.3) is 0 Å². The van der Waals surface area contributed by atoms with Crippen LogP contribution >= 0.6 is 0 Å². The number of halogens is 3. The maximum Gasteiger partial charge on any atom is 0.415 e. The minimum absolute atomic E-state index is 0.127. The van der Waals surface area contributed by atoms with E-state index in [0.717, 1.165) is 32.1 Å². The zero-order valence-electron chi connectivity index (χ0n) is 10.8. The first kappa shape index (κ1) is 15.7. The smallest absolute Gasteiger partial charge is 0.382 e. The van der Waals surface area contributed by atoms with Crippen molar-refractivity contribution in [3.05, 3.63) is 0 Å². The first-order chi connectivity index (χ1) is 8.34. The highest BCUT2D eigenvalue weighted by atomic mass is 19.4. The van der Waals surface area contributed by atoms with Gasteiger partial charge in [0.15, 0.2) is 6.10 Å². The molecule has 0 heterocycles. The van der Waals surface area contributed by atoms with Crippen LogP contribution in [0.4, 0.5) is 13.2 Å². The monoisotopic (exact) mass is 268 g/mol. The van der Waals surface area contributed by atoms with Crippen molar-refractivity contribution < 1.29 is 18.3 Å². The molecule has 0 aliphatic heterocycles. The Hall–Kier alpha value is -0.330. The summed E-state index contributed by atoms with van der Waals surface area (Å²) in [6.45, 7) is 2.20. The third kappa shape index (κ3) is 4.74. The molecule has 1 fully saturated rings. The lowest BCUT2D eigenvalue weighted by molar-refractivity contribution is -0.209.